The van der Waals surface area contributed by atoms with E-state index in [-0.39, 0.29) is 18.1 Å². The lowest BCUT2D eigenvalue weighted by Gasteiger charge is -2.18. The second kappa shape index (κ2) is 10.2. The maximum absolute atomic E-state index is 12.3. The van der Waals surface area contributed by atoms with Gasteiger partial charge < -0.3 is 19.0 Å². The molecule has 0 spiro atoms. The third kappa shape index (κ3) is 6.05. The number of rotatable bonds is 9. The van der Waals surface area contributed by atoms with Crippen molar-refractivity contribution >= 4 is 17.7 Å². The number of aromatic hydroxyl groups is 1. The fourth-order valence-corrected chi connectivity index (χ4v) is 3.71. The minimum Gasteiger partial charge on any atom is -0.502 e. The summed E-state index contributed by atoms with van der Waals surface area (Å²) in [6.45, 7) is 4.00. The van der Waals surface area contributed by atoms with E-state index in [4.69, 9.17) is 13.9 Å². The molecular weight excluding hydrogens is 380 g/mol. The highest BCUT2D eigenvalue weighted by Gasteiger charge is 2.25. The third-order valence-corrected chi connectivity index (χ3v) is 5.21. The molecule has 0 aliphatic rings. The molecule has 0 unspecified atom stereocenters. The van der Waals surface area contributed by atoms with Crippen molar-refractivity contribution in [1.29, 1.82) is 0 Å². The number of carbonyl (C=O) groups is 1. The van der Waals surface area contributed by atoms with Crippen LogP contribution in [0.25, 0.3) is 0 Å². The van der Waals surface area contributed by atoms with Gasteiger partial charge in [0, 0.05) is 16.9 Å². The van der Waals surface area contributed by atoms with Crippen molar-refractivity contribution in [3.05, 3.63) is 52.1 Å². The molecule has 0 radical (unpaired) electrons. The lowest BCUT2D eigenvalue weighted by atomic mass is 9.91. The van der Waals surface area contributed by atoms with Gasteiger partial charge in [-0.3, -0.25) is 9.59 Å². The van der Waals surface area contributed by atoms with E-state index in [1.165, 1.54) is 24.9 Å². The van der Waals surface area contributed by atoms with E-state index in [2.05, 4.69) is 0 Å². The van der Waals surface area contributed by atoms with E-state index < -0.39 is 23.1 Å². The van der Waals surface area contributed by atoms with Gasteiger partial charge in [0.15, 0.2) is 5.76 Å². The topological polar surface area (TPSA) is 86.0 Å². The van der Waals surface area contributed by atoms with Gasteiger partial charge in [0.2, 0.25) is 11.2 Å². The molecule has 0 bridgehead atoms. The minimum atomic E-state index is -0.513. The molecule has 0 saturated carbocycles. The lowest BCUT2D eigenvalue weighted by molar-refractivity contribution is -0.141. The molecule has 2 rings (SSSR count). The molecule has 2 aromatic rings. The van der Waals surface area contributed by atoms with Crippen LogP contribution in [0.1, 0.15) is 44.1 Å². The molecule has 1 N–H and O–H groups in total. The first-order valence-corrected chi connectivity index (χ1v) is 10.0. The molecule has 7 heteroatoms. The number of esters is 1. The fraction of sp³-hybridized carbons (Fsp3) is 0.429. The molecule has 6 nitrogen and oxygen atoms in total. The van der Waals surface area contributed by atoms with Crippen molar-refractivity contribution in [3.8, 4) is 11.5 Å². The molecule has 1 aromatic heterocycles. The van der Waals surface area contributed by atoms with Gasteiger partial charge in [0.1, 0.15) is 11.5 Å². The highest BCUT2D eigenvalue weighted by molar-refractivity contribution is 7.98. The number of hydrogen-bond acceptors (Lipinski definition) is 7. The summed E-state index contributed by atoms with van der Waals surface area (Å²) in [7, 11) is 2.91. The molecule has 28 heavy (non-hydrogen) atoms. The van der Waals surface area contributed by atoms with Crippen LogP contribution in [0.4, 0.5) is 0 Å². The van der Waals surface area contributed by atoms with Gasteiger partial charge in [0.05, 0.1) is 26.4 Å². The van der Waals surface area contributed by atoms with E-state index in [1.54, 1.807) is 7.11 Å². The average Bonchev–Trinajstić information content (AvgIpc) is 2.67. The van der Waals surface area contributed by atoms with Gasteiger partial charge in [-0.05, 0) is 30.5 Å². The van der Waals surface area contributed by atoms with Crippen LogP contribution >= 0.6 is 11.8 Å². The van der Waals surface area contributed by atoms with E-state index in [1.807, 2.05) is 38.1 Å². The normalized spacial score (nSPS) is 12.0. The molecular formula is C21H26O6S. The first-order chi connectivity index (χ1) is 13.3. The number of benzene rings is 1. The highest BCUT2D eigenvalue weighted by atomic mass is 32.2. The minimum absolute atomic E-state index is 0.0393. The number of carbonyl (C=O) groups excluding carboxylic acids is 1. The Hall–Kier alpha value is -2.41. The summed E-state index contributed by atoms with van der Waals surface area (Å²) in [5, 5.41) is 10.3. The van der Waals surface area contributed by atoms with Crippen molar-refractivity contribution < 1.29 is 23.8 Å². The van der Waals surface area contributed by atoms with Gasteiger partial charge in [-0.25, -0.2) is 0 Å². The molecule has 0 aliphatic carbocycles. The Morgan fingerprint density at radius 1 is 1.25 bits per heavy atom. The Labute approximate surface area is 168 Å². The maximum Gasteiger partial charge on any atom is 0.306 e. The largest absolute Gasteiger partial charge is 0.502 e. The second-order valence-electron chi connectivity index (χ2n) is 6.86. The van der Waals surface area contributed by atoms with Crippen molar-refractivity contribution in [2.75, 3.05) is 14.2 Å². The van der Waals surface area contributed by atoms with Crippen molar-refractivity contribution in [2.45, 2.75) is 43.3 Å². The quantitative estimate of drug-likeness (QED) is 0.490. The molecule has 1 atom stereocenters. The third-order valence-electron chi connectivity index (χ3n) is 4.19. The smallest absolute Gasteiger partial charge is 0.306 e. The fourth-order valence-electron chi connectivity index (χ4n) is 2.88. The number of methoxy groups -OCH3 is 2. The van der Waals surface area contributed by atoms with E-state index in [0.29, 0.717) is 17.9 Å². The number of ether oxygens (including phenoxy) is 2. The second-order valence-corrected chi connectivity index (χ2v) is 7.91. The molecule has 0 amide bonds. The summed E-state index contributed by atoms with van der Waals surface area (Å²) in [4.78, 5) is 25.0. The number of thioether (sulfide) groups is 1. The van der Waals surface area contributed by atoms with Gasteiger partial charge >= 0.3 is 5.97 Å². The summed E-state index contributed by atoms with van der Waals surface area (Å²) >= 11 is 1.48. The van der Waals surface area contributed by atoms with E-state index in [0.717, 1.165) is 10.6 Å². The zero-order chi connectivity index (χ0) is 20.7. The predicted molar refractivity (Wildman–Crippen MR) is 108 cm³/mol. The van der Waals surface area contributed by atoms with E-state index >= 15 is 0 Å². The maximum atomic E-state index is 12.3. The zero-order valence-electron chi connectivity index (χ0n) is 16.6. The summed E-state index contributed by atoms with van der Waals surface area (Å²) in [5.41, 5.74) is -0.513. The predicted octanol–water partition coefficient (Wildman–Crippen LogP) is 4.34. The van der Waals surface area contributed by atoms with Gasteiger partial charge in [0.25, 0.3) is 0 Å². The lowest BCUT2D eigenvalue weighted by Crippen LogP contribution is -2.14. The van der Waals surface area contributed by atoms with Crippen molar-refractivity contribution in [3.63, 3.8) is 0 Å². The van der Waals surface area contributed by atoms with E-state index in [9.17, 15) is 14.7 Å². The Morgan fingerprint density at radius 2 is 2.00 bits per heavy atom. The molecule has 0 aliphatic heterocycles. The van der Waals surface area contributed by atoms with Crippen LogP contribution in [0.3, 0.4) is 0 Å². The number of hydrogen-bond donors (Lipinski definition) is 1. The van der Waals surface area contributed by atoms with Crippen LogP contribution in [0.2, 0.25) is 0 Å². The first-order valence-electron chi connectivity index (χ1n) is 9.03. The SMILES string of the molecule is COC(=O)C[C@H](CC(C)C)c1oc(CSc2cccc(OC)c2)cc(=O)c1O. The first kappa shape index (κ1) is 21.9. The summed E-state index contributed by atoms with van der Waals surface area (Å²) < 4.78 is 15.8. The molecule has 1 aromatic carbocycles. The summed E-state index contributed by atoms with van der Waals surface area (Å²) in [6.07, 6.45) is 0.621. The van der Waals surface area contributed by atoms with Crippen LogP contribution in [0.5, 0.6) is 11.5 Å². The highest BCUT2D eigenvalue weighted by Crippen LogP contribution is 2.34. The van der Waals surface area contributed by atoms with Gasteiger partial charge in [-0.1, -0.05) is 19.9 Å². The summed E-state index contributed by atoms with van der Waals surface area (Å²) in [6, 6.07) is 8.85. The summed E-state index contributed by atoms with van der Waals surface area (Å²) in [5.74, 6) is 0.692. The van der Waals surface area contributed by atoms with Crippen LogP contribution < -0.4 is 10.2 Å². The standard InChI is InChI=1S/C21H26O6S/c1-13(2)8-14(9-19(23)26-4)21-20(24)18(22)11-16(27-21)12-28-17-7-5-6-15(10-17)25-3/h5-7,10-11,13-14,24H,8-9,12H2,1-4H3/t14-/m0/s1. The van der Waals surface area contributed by atoms with Crippen LogP contribution in [0.15, 0.2) is 44.4 Å². The Balaban J connectivity index is 2.28. The monoisotopic (exact) mass is 406 g/mol. The Kier molecular flexibility index (Phi) is 7.99. The van der Waals surface area contributed by atoms with Crippen molar-refractivity contribution in [2.24, 2.45) is 5.92 Å². The van der Waals surface area contributed by atoms with Crippen LogP contribution in [-0.2, 0) is 15.3 Å². The molecule has 0 fully saturated rings. The molecule has 0 saturated heterocycles. The van der Waals surface area contributed by atoms with Gasteiger partial charge in [-0.2, -0.15) is 0 Å². The van der Waals surface area contributed by atoms with Gasteiger partial charge in [-0.15, -0.1) is 11.8 Å². The zero-order valence-corrected chi connectivity index (χ0v) is 17.4. The molecule has 1 heterocycles. The van der Waals surface area contributed by atoms with Crippen molar-refractivity contribution in [1.82, 2.24) is 0 Å². The van der Waals surface area contributed by atoms with Crippen LogP contribution in [0, 0.1) is 5.92 Å². The Bertz CT molecular complexity index is 858. The van der Waals surface area contributed by atoms with Crippen LogP contribution in [-0.4, -0.2) is 25.3 Å². The average molecular weight is 407 g/mol. The molecule has 152 valence electrons. The Morgan fingerprint density at radius 3 is 2.64 bits per heavy atom.